The highest BCUT2D eigenvalue weighted by atomic mass is 16.3. The van der Waals surface area contributed by atoms with E-state index in [0.29, 0.717) is 0 Å². The van der Waals surface area contributed by atoms with Gasteiger partial charge in [0.1, 0.15) is 5.54 Å². The van der Waals surface area contributed by atoms with E-state index in [1.54, 1.807) is 0 Å². The molecule has 1 unspecified atom stereocenters. The maximum Gasteiger partial charge on any atom is 0.222 e. The third-order valence-corrected chi connectivity index (χ3v) is 2.59. The molecule has 6 N–H and O–H groups in total. The first kappa shape index (κ1) is 15.3. The van der Waals surface area contributed by atoms with Gasteiger partial charge in [0.2, 0.25) is 5.91 Å². The summed E-state index contributed by atoms with van der Waals surface area (Å²) in [6, 6.07) is -0.284. The number of rotatable bonds is 7. The van der Waals surface area contributed by atoms with Gasteiger partial charge in [0.05, 0.1) is 19.8 Å². The summed E-state index contributed by atoms with van der Waals surface area (Å²) >= 11 is 0. The molecular formula is C10H22N2O4. The molecule has 0 heterocycles. The fourth-order valence-corrected chi connectivity index (χ4v) is 1.07. The van der Waals surface area contributed by atoms with E-state index in [4.69, 9.17) is 21.1 Å². The summed E-state index contributed by atoms with van der Waals surface area (Å²) in [7, 11) is 0. The van der Waals surface area contributed by atoms with Gasteiger partial charge in [-0.1, -0.05) is 13.8 Å². The topological polar surface area (TPSA) is 116 Å². The van der Waals surface area contributed by atoms with Crippen molar-refractivity contribution in [3.63, 3.8) is 0 Å². The van der Waals surface area contributed by atoms with E-state index in [2.05, 4.69) is 5.32 Å². The molecule has 6 heteroatoms. The monoisotopic (exact) mass is 234 g/mol. The van der Waals surface area contributed by atoms with Gasteiger partial charge in [-0.3, -0.25) is 4.79 Å². The van der Waals surface area contributed by atoms with Gasteiger partial charge in [-0.05, 0) is 5.92 Å². The van der Waals surface area contributed by atoms with Crippen LogP contribution in [-0.4, -0.2) is 52.6 Å². The van der Waals surface area contributed by atoms with Crippen molar-refractivity contribution in [3.05, 3.63) is 0 Å². The summed E-state index contributed by atoms with van der Waals surface area (Å²) in [4.78, 5) is 11.5. The number of aliphatic hydroxyl groups is 3. The molecule has 0 aliphatic rings. The van der Waals surface area contributed by atoms with Crippen molar-refractivity contribution in [1.29, 1.82) is 0 Å². The Kier molecular flexibility index (Phi) is 6.51. The summed E-state index contributed by atoms with van der Waals surface area (Å²) < 4.78 is 0. The molecule has 1 amide bonds. The van der Waals surface area contributed by atoms with Crippen LogP contribution < -0.4 is 11.1 Å². The van der Waals surface area contributed by atoms with Gasteiger partial charge in [0.15, 0.2) is 0 Å². The molecule has 1 atom stereocenters. The van der Waals surface area contributed by atoms with Gasteiger partial charge < -0.3 is 26.4 Å². The van der Waals surface area contributed by atoms with Crippen molar-refractivity contribution in [2.45, 2.75) is 31.8 Å². The lowest BCUT2D eigenvalue weighted by Crippen LogP contribution is -2.57. The molecule has 0 saturated carbocycles. The maximum absolute atomic E-state index is 11.5. The Morgan fingerprint density at radius 1 is 1.25 bits per heavy atom. The van der Waals surface area contributed by atoms with Crippen molar-refractivity contribution in [3.8, 4) is 0 Å². The van der Waals surface area contributed by atoms with E-state index in [0.717, 1.165) is 0 Å². The molecule has 0 rings (SSSR count). The second-order valence-electron chi connectivity index (χ2n) is 4.41. The lowest BCUT2D eigenvalue weighted by atomic mass is 9.99. The third-order valence-electron chi connectivity index (χ3n) is 2.59. The predicted molar refractivity (Wildman–Crippen MR) is 59.6 cm³/mol. The number of carbonyl (C=O) groups is 1. The molecule has 0 bridgehead atoms. The molecule has 6 nitrogen and oxygen atoms in total. The maximum atomic E-state index is 11.5. The van der Waals surface area contributed by atoms with Crippen LogP contribution in [0.4, 0.5) is 0 Å². The molecule has 0 radical (unpaired) electrons. The fraction of sp³-hybridized carbons (Fsp3) is 0.900. The third kappa shape index (κ3) is 4.44. The number of hydrogen-bond acceptors (Lipinski definition) is 5. The minimum Gasteiger partial charge on any atom is -0.394 e. The Morgan fingerprint density at radius 2 is 1.69 bits per heavy atom. The molecule has 0 saturated heterocycles. The molecule has 0 aliphatic heterocycles. The van der Waals surface area contributed by atoms with Crippen LogP contribution in [0.2, 0.25) is 0 Å². The van der Waals surface area contributed by atoms with Crippen LogP contribution in [0.15, 0.2) is 0 Å². The summed E-state index contributed by atoms with van der Waals surface area (Å²) in [6.07, 6.45) is 0.0966. The van der Waals surface area contributed by atoms with E-state index in [1.807, 2.05) is 13.8 Å². The first-order valence-corrected chi connectivity index (χ1v) is 5.30. The van der Waals surface area contributed by atoms with Crippen molar-refractivity contribution >= 4 is 5.91 Å². The van der Waals surface area contributed by atoms with E-state index < -0.39 is 31.3 Å². The van der Waals surface area contributed by atoms with Gasteiger partial charge >= 0.3 is 0 Å². The van der Waals surface area contributed by atoms with Crippen LogP contribution in [-0.2, 0) is 4.79 Å². The predicted octanol–water partition coefficient (Wildman–Crippen LogP) is -1.81. The first-order valence-electron chi connectivity index (χ1n) is 5.30. The largest absolute Gasteiger partial charge is 0.394 e. The summed E-state index contributed by atoms with van der Waals surface area (Å²) in [5.74, 6) is -0.226. The Morgan fingerprint density at radius 3 is 2.00 bits per heavy atom. The number of nitrogens with two attached hydrogens (primary N) is 1. The standard InChI is InChI=1S/C10H22N2O4/c1-7(2)8(11)3-9(16)12-10(4-13,5-14)6-15/h7-8,13-15H,3-6,11H2,1-2H3,(H,12,16). The summed E-state index contributed by atoms with van der Waals surface area (Å²) in [5, 5.41) is 29.4. The van der Waals surface area contributed by atoms with Gasteiger partial charge in [-0.25, -0.2) is 0 Å². The van der Waals surface area contributed by atoms with Crippen LogP contribution in [0, 0.1) is 5.92 Å². The Labute approximate surface area is 95.5 Å². The fourth-order valence-electron chi connectivity index (χ4n) is 1.07. The minimum atomic E-state index is -1.37. The number of carbonyl (C=O) groups excluding carboxylic acids is 1. The number of aliphatic hydroxyl groups excluding tert-OH is 3. The lowest BCUT2D eigenvalue weighted by Gasteiger charge is -2.29. The minimum absolute atomic E-state index is 0.0966. The Bertz CT molecular complexity index is 209. The van der Waals surface area contributed by atoms with Crippen molar-refractivity contribution in [1.82, 2.24) is 5.32 Å². The summed E-state index contributed by atoms with van der Waals surface area (Å²) in [5.41, 5.74) is 4.34. The highest BCUT2D eigenvalue weighted by Gasteiger charge is 2.30. The smallest absolute Gasteiger partial charge is 0.222 e. The quantitative estimate of drug-likeness (QED) is 0.356. The zero-order valence-electron chi connectivity index (χ0n) is 9.81. The number of nitrogens with one attached hydrogen (secondary N) is 1. The molecule has 16 heavy (non-hydrogen) atoms. The highest BCUT2D eigenvalue weighted by Crippen LogP contribution is 2.06. The SMILES string of the molecule is CC(C)C(N)CC(=O)NC(CO)(CO)CO. The van der Waals surface area contributed by atoms with E-state index in [9.17, 15) is 4.79 Å². The van der Waals surface area contributed by atoms with Gasteiger partial charge in [0.25, 0.3) is 0 Å². The molecule has 0 spiro atoms. The molecule has 0 aromatic carbocycles. The lowest BCUT2D eigenvalue weighted by molar-refractivity contribution is -0.125. The van der Waals surface area contributed by atoms with Crippen molar-refractivity contribution < 1.29 is 20.1 Å². The van der Waals surface area contributed by atoms with Gasteiger partial charge in [-0.2, -0.15) is 0 Å². The zero-order valence-corrected chi connectivity index (χ0v) is 9.81. The number of hydrogen-bond donors (Lipinski definition) is 5. The second-order valence-corrected chi connectivity index (χ2v) is 4.41. The van der Waals surface area contributed by atoms with E-state index >= 15 is 0 Å². The van der Waals surface area contributed by atoms with E-state index in [1.165, 1.54) is 0 Å². The van der Waals surface area contributed by atoms with Crippen LogP contribution in [0.1, 0.15) is 20.3 Å². The Hall–Kier alpha value is -0.690. The van der Waals surface area contributed by atoms with Gasteiger partial charge in [0, 0.05) is 12.5 Å². The van der Waals surface area contributed by atoms with Crippen LogP contribution >= 0.6 is 0 Å². The van der Waals surface area contributed by atoms with Crippen LogP contribution in [0.25, 0.3) is 0 Å². The normalized spacial score (nSPS) is 13.9. The average molecular weight is 234 g/mol. The molecule has 96 valence electrons. The first-order chi connectivity index (χ1) is 7.40. The second kappa shape index (κ2) is 6.80. The summed E-state index contributed by atoms with van der Waals surface area (Å²) in [6.45, 7) is 2.22. The molecule has 0 aliphatic carbocycles. The molecular weight excluding hydrogens is 212 g/mol. The number of amides is 1. The van der Waals surface area contributed by atoms with Crippen LogP contribution in [0.5, 0.6) is 0 Å². The molecule has 0 aromatic heterocycles. The van der Waals surface area contributed by atoms with Crippen LogP contribution in [0.3, 0.4) is 0 Å². The molecule has 0 fully saturated rings. The van der Waals surface area contributed by atoms with Crippen molar-refractivity contribution in [2.24, 2.45) is 11.7 Å². The van der Waals surface area contributed by atoms with Gasteiger partial charge in [-0.15, -0.1) is 0 Å². The average Bonchev–Trinajstić information content (AvgIpc) is 2.26. The van der Waals surface area contributed by atoms with E-state index in [-0.39, 0.29) is 18.4 Å². The van der Waals surface area contributed by atoms with Crippen molar-refractivity contribution in [2.75, 3.05) is 19.8 Å². The molecule has 0 aromatic rings. The zero-order chi connectivity index (χ0) is 12.8. The Balaban J connectivity index is 4.31. The highest BCUT2D eigenvalue weighted by molar-refractivity contribution is 5.77.